The highest BCUT2D eigenvalue weighted by Crippen LogP contribution is 2.37. The molecule has 190 valence electrons. The first kappa shape index (κ1) is 25.3. The van der Waals surface area contributed by atoms with Gasteiger partial charge in [0.1, 0.15) is 24.4 Å². The van der Waals surface area contributed by atoms with Gasteiger partial charge in [-0.05, 0) is 67.8 Å². The molecule has 0 fully saturated rings. The molecule has 0 saturated carbocycles. The summed E-state index contributed by atoms with van der Waals surface area (Å²) >= 11 is 2.74. The van der Waals surface area contributed by atoms with Gasteiger partial charge in [0.15, 0.2) is 5.01 Å². The van der Waals surface area contributed by atoms with Crippen molar-refractivity contribution in [2.45, 2.75) is 32.4 Å². The average Bonchev–Trinajstić information content (AvgIpc) is 3.67. The summed E-state index contributed by atoms with van der Waals surface area (Å²) in [5.74, 6) is 1.75. The number of nitrogens with one attached hydrogen (secondary N) is 1. The van der Waals surface area contributed by atoms with Gasteiger partial charge in [-0.3, -0.25) is 14.5 Å². The molecule has 0 aliphatic heterocycles. The molecule has 3 aromatic heterocycles. The van der Waals surface area contributed by atoms with Crippen LogP contribution in [0.25, 0.3) is 15.8 Å². The number of amides is 2. The lowest BCUT2D eigenvalue weighted by Crippen LogP contribution is -2.49. The predicted octanol–water partition coefficient (Wildman–Crippen LogP) is 5.22. The van der Waals surface area contributed by atoms with Crippen LogP contribution in [-0.4, -0.2) is 37.1 Å². The maximum Gasteiger partial charge on any atom is 0.278 e. The Labute approximate surface area is 228 Å². The number of benzene rings is 2. The van der Waals surface area contributed by atoms with Crippen molar-refractivity contribution in [1.29, 1.82) is 0 Å². The van der Waals surface area contributed by atoms with Gasteiger partial charge in [-0.1, -0.05) is 18.2 Å². The van der Waals surface area contributed by atoms with Crippen LogP contribution in [0.3, 0.4) is 0 Å². The second-order valence-electron chi connectivity index (χ2n) is 9.54. The smallest absolute Gasteiger partial charge is 0.278 e. The number of aromatic nitrogens is 4. The van der Waals surface area contributed by atoms with E-state index < -0.39 is 17.5 Å². The summed E-state index contributed by atoms with van der Waals surface area (Å²) < 4.78 is 2.64. The van der Waals surface area contributed by atoms with Crippen molar-refractivity contribution in [3.05, 3.63) is 88.2 Å². The summed E-state index contributed by atoms with van der Waals surface area (Å²) in [4.78, 5) is 37.9. The molecule has 5 rings (SSSR count). The third-order valence-corrected chi connectivity index (χ3v) is 7.44. The molecule has 3 heterocycles. The topological polar surface area (TPSA) is 93.0 Å². The average molecular weight is 541 g/mol. The number of anilines is 1. The molecule has 1 N–H and O–H groups in total. The standard InChI is InChI=1S/C28H24N6O2S2/c1-5-24-31-22(15-38-24)27(36)34(19-12-10-18(11-13-19)33-17-29-16-30-33)25(26(35)32-28(2,3)4)21-14-37-23-9-7-6-8-20(21)23/h1,6-17,25H,2-4H3,(H,32,35). The third kappa shape index (κ3) is 5.07. The number of fused-ring (bicyclic) bond motifs is 1. The van der Waals surface area contributed by atoms with E-state index in [1.165, 1.54) is 33.9 Å². The first-order valence-electron chi connectivity index (χ1n) is 11.7. The van der Waals surface area contributed by atoms with Crippen molar-refractivity contribution in [3.8, 4) is 18.0 Å². The quantitative estimate of drug-likeness (QED) is 0.298. The van der Waals surface area contributed by atoms with E-state index in [0.717, 1.165) is 21.3 Å². The minimum atomic E-state index is -0.967. The number of carbonyl (C=O) groups excluding carboxylic acids is 2. The molecular weight excluding hydrogens is 516 g/mol. The van der Waals surface area contributed by atoms with E-state index in [1.807, 2.05) is 62.5 Å². The van der Waals surface area contributed by atoms with E-state index in [0.29, 0.717) is 10.7 Å². The number of rotatable bonds is 6. The summed E-state index contributed by atoms with van der Waals surface area (Å²) in [5, 5.41) is 12.1. The Morgan fingerprint density at radius 3 is 2.50 bits per heavy atom. The first-order valence-corrected chi connectivity index (χ1v) is 13.5. The van der Waals surface area contributed by atoms with Gasteiger partial charge in [-0.2, -0.15) is 5.10 Å². The summed E-state index contributed by atoms with van der Waals surface area (Å²) in [7, 11) is 0. The van der Waals surface area contributed by atoms with Crippen LogP contribution < -0.4 is 10.2 Å². The molecule has 1 atom stereocenters. The van der Waals surface area contributed by atoms with Crippen LogP contribution in [0.1, 0.15) is 47.9 Å². The van der Waals surface area contributed by atoms with Crippen LogP contribution >= 0.6 is 22.7 Å². The van der Waals surface area contributed by atoms with Crippen molar-refractivity contribution in [2.75, 3.05) is 4.90 Å². The van der Waals surface area contributed by atoms with Crippen LogP contribution in [0.2, 0.25) is 0 Å². The molecule has 0 saturated heterocycles. The van der Waals surface area contributed by atoms with Crippen LogP contribution in [0, 0.1) is 12.3 Å². The van der Waals surface area contributed by atoms with Crippen molar-refractivity contribution in [1.82, 2.24) is 25.1 Å². The van der Waals surface area contributed by atoms with Gasteiger partial charge in [0.25, 0.3) is 5.91 Å². The van der Waals surface area contributed by atoms with Gasteiger partial charge in [0, 0.05) is 26.9 Å². The molecule has 5 aromatic rings. The Hall–Kier alpha value is -4.33. The van der Waals surface area contributed by atoms with Crippen molar-refractivity contribution in [2.24, 2.45) is 0 Å². The van der Waals surface area contributed by atoms with E-state index >= 15 is 0 Å². The largest absolute Gasteiger partial charge is 0.349 e. The predicted molar refractivity (Wildman–Crippen MR) is 151 cm³/mol. The van der Waals surface area contributed by atoms with Gasteiger partial charge >= 0.3 is 0 Å². The number of hydrogen-bond acceptors (Lipinski definition) is 7. The van der Waals surface area contributed by atoms with E-state index in [9.17, 15) is 9.59 Å². The Balaban J connectivity index is 1.69. The Bertz CT molecular complexity index is 1640. The molecule has 38 heavy (non-hydrogen) atoms. The van der Waals surface area contributed by atoms with E-state index in [-0.39, 0.29) is 11.6 Å². The lowest BCUT2D eigenvalue weighted by Gasteiger charge is -2.33. The van der Waals surface area contributed by atoms with E-state index in [1.54, 1.807) is 28.5 Å². The molecular formula is C28H24N6O2S2. The molecule has 0 aliphatic carbocycles. The number of terminal acetylenes is 1. The van der Waals surface area contributed by atoms with Crippen molar-refractivity contribution >= 4 is 50.3 Å². The van der Waals surface area contributed by atoms with Crippen LogP contribution in [0.5, 0.6) is 0 Å². The van der Waals surface area contributed by atoms with Crippen LogP contribution in [0.15, 0.2) is 71.9 Å². The van der Waals surface area contributed by atoms with Crippen molar-refractivity contribution < 1.29 is 9.59 Å². The summed E-state index contributed by atoms with van der Waals surface area (Å²) in [6, 6.07) is 14.1. The highest BCUT2D eigenvalue weighted by molar-refractivity contribution is 7.17. The Morgan fingerprint density at radius 2 is 1.84 bits per heavy atom. The lowest BCUT2D eigenvalue weighted by atomic mass is 9.99. The maximum atomic E-state index is 14.1. The monoisotopic (exact) mass is 540 g/mol. The molecule has 0 radical (unpaired) electrons. The molecule has 2 aromatic carbocycles. The molecule has 10 heteroatoms. The minimum absolute atomic E-state index is 0.177. The molecule has 2 amide bonds. The fourth-order valence-electron chi connectivity index (χ4n) is 4.10. The highest BCUT2D eigenvalue weighted by Gasteiger charge is 2.37. The van der Waals surface area contributed by atoms with Gasteiger partial charge in [-0.25, -0.2) is 14.6 Å². The normalized spacial score (nSPS) is 12.2. The molecule has 8 nitrogen and oxygen atoms in total. The van der Waals surface area contributed by atoms with Gasteiger partial charge in [0.05, 0.1) is 5.69 Å². The Morgan fingerprint density at radius 1 is 1.08 bits per heavy atom. The second kappa shape index (κ2) is 10.2. The van der Waals surface area contributed by atoms with E-state index in [4.69, 9.17) is 6.42 Å². The second-order valence-corrected chi connectivity index (χ2v) is 11.3. The number of nitrogens with zero attached hydrogens (tertiary/aromatic N) is 5. The molecule has 0 spiro atoms. The summed E-state index contributed by atoms with van der Waals surface area (Å²) in [6.07, 6.45) is 8.56. The van der Waals surface area contributed by atoms with Crippen LogP contribution in [-0.2, 0) is 4.79 Å². The Kier molecular flexibility index (Phi) is 6.80. The molecule has 1 unspecified atom stereocenters. The number of thiophene rings is 1. The van der Waals surface area contributed by atoms with Gasteiger partial charge in [-0.15, -0.1) is 29.1 Å². The van der Waals surface area contributed by atoms with E-state index in [2.05, 4.69) is 26.3 Å². The van der Waals surface area contributed by atoms with Crippen LogP contribution in [0.4, 0.5) is 5.69 Å². The molecule has 0 aliphatic rings. The van der Waals surface area contributed by atoms with Crippen molar-refractivity contribution in [3.63, 3.8) is 0 Å². The zero-order chi connectivity index (χ0) is 26.9. The minimum Gasteiger partial charge on any atom is -0.349 e. The zero-order valence-electron chi connectivity index (χ0n) is 21.0. The number of hydrogen-bond donors (Lipinski definition) is 1. The van der Waals surface area contributed by atoms with Gasteiger partial charge < -0.3 is 5.32 Å². The first-order chi connectivity index (χ1) is 18.2. The molecule has 0 bridgehead atoms. The fourth-order valence-corrected chi connectivity index (χ4v) is 5.67. The number of thiazole rings is 1. The SMILES string of the molecule is C#Cc1nc(C(=O)N(c2ccc(-n3cncn3)cc2)C(C(=O)NC(C)(C)C)c2csc3ccccc23)cs1. The number of carbonyl (C=O) groups is 2. The fraction of sp³-hybridized carbons (Fsp3) is 0.179. The third-order valence-electron chi connectivity index (χ3n) is 5.69. The summed E-state index contributed by atoms with van der Waals surface area (Å²) in [6.45, 7) is 5.73. The highest BCUT2D eigenvalue weighted by atomic mass is 32.1. The lowest BCUT2D eigenvalue weighted by molar-refractivity contribution is -0.123. The maximum absolute atomic E-state index is 14.1. The zero-order valence-corrected chi connectivity index (χ0v) is 22.6. The van der Waals surface area contributed by atoms with Gasteiger partial charge in [0.2, 0.25) is 5.91 Å². The summed E-state index contributed by atoms with van der Waals surface area (Å²) in [5.41, 5.74) is 1.67.